The molecule has 2 fully saturated rings. The SMILES string of the molecule is CCNC(=NCCCOC1CCOCC1)N1CCC(c2ccccc2)C(C)C1.I. The summed E-state index contributed by atoms with van der Waals surface area (Å²) in [7, 11) is 0. The van der Waals surface area contributed by atoms with E-state index in [0.29, 0.717) is 17.9 Å². The molecule has 2 saturated heterocycles. The molecule has 3 rings (SSSR count). The van der Waals surface area contributed by atoms with Gasteiger partial charge in [0.15, 0.2) is 5.96 Å². The van der Waals surface area contributed by atoms with Crippen LogP contribution in [0.25, 0.3) is 0 Å². The first-order chi connectivity index (χ1) is 13.8. The van der Waals surface area contributed by atoms with Crippen molar-refractivity contribution in [3.05, 3.63) is 35.9 Å². The summed E-state index contributed by atoms with van der Waals surface area (Å²) in [6.07, 6.45) is 4.59. The molecule has 5 nitrogen and oxygen atoms in total. The van der Waals surface area contributed by atoms with E-state index < -0.39 is 0 Å². The Hall–Kier alpha value is -0.860. The molecule has 1 aromatic carbocycles. The van der Waals surface area contributed by atoms with Gasteiger partial charge in [-0.3, -0.25) is 4.99 Å². The number of likely N-dealkylation sites (tertiary alicyclic amines) is 1. The summed E-state index contributed by atoms with van der Waals surface area (Å²) in [5.41, 5.74) is 1.47. The van der Waals surface area contributed by atoms with E-state index in [-0.39, 0.29) is 24.0 Å². The quantitative estimate of drug-likeness (QED) is 0.255. The van der Waals surface area contributed by atoms with Gasteiger partial charge in [0.25, 0.3) is 0 Å². The highest BCUT2D eigenvalue weighted by atomic mass is 127. The minimum Gasteiger partial charge on any atom is -0.381 e. The summed E-state index contributed by atoms with van der Waals surface area (Å²) in [5.74, 6) is 2.33. The molecule has 0 amide bonds. The first-order valence-electron chi connectivity index (χ1n) is 11.1. The Balaban J connectivity index is 0.00000300. The number of rotatable bonds is 7. The van der Waals surface area contributed by atoms with Gasteiger partial charge in [0.2, 0.25) is 0 Å². The first-order valence-corrected chi connectivity index (χ1v) is 11.1. The zero-order valence-electron chi connectivity index (χ0n) is 18.0. The van der Waals surface area contributed by atoms with Crippen molar-refractivity contribution >= 4 is 29.9 Å². The van der Waals surface area contributed by atoms with Gasteiger partial charge in [0, 0.05) is 46.0 Å². The van der Waals surface area contributed by atoms with Crippen LogP contribution in [0.1, 0.15) is 51.0 Å². The van der Waals surface area contributed by atoms with Crippen LogP contribution in [0, 0.1) is 5.92 Å². The standard InChI is InChI=1S/C23H37N3O2.HI/c1-3-24-23(25-13-7-15-28-21-11-16-27-17-12-21)26-14-10-22(19(2)18-26)20-8-5-4-6-9-20;/h4-6,8-9,19,21-22H,3,7,10-18H2,1-2H3,(H,24,25);1H. The summed E-state index contributed by atoms with van der Waals surface area (Å²) >= 11 is 0. The molecule has 2 heterocycles. The van der Waals surface area contributed by atoms with Gasteiger partial charge in [-0.15, -0.1) is 24.0 Å². The third kappa shape index (κ3) is 7.72. The summed E-state index contributed by atoms with van der Waals surface area (Å²) in [5, 5.41) is 3.49. The first kappa shape index (κ1) is 24.4. The van der Waals surface area contributed by atoms with Crippen LogP contribution < -0.4 is 5.32 Å². The zero-order valence-corrected chi connectivity index (χ0v) is 20.3. The van der Waals surface area contributed by atoms with E-state index in [0.717, 1.165) is 71.2 Å². The molecule has 2 unspecified atom stereocenters. The highest BCUT2D eigenvalue weighted by molar-refractivity contribution is 14.0. The lowest BCUT2D eigenvalue weighted by molar-refractivity contribution is -0.0318. The van der Waals surface area contributed by atoms with Gasteiger partial charge in [-0.1, -0.05) is 37.3 Å². The number of ether oxygens (including phenoxy) is 2. The van der Waals surface area contributed by atoms with Crippen LogP contribution in [-0.4, -0.2) is 63.0 Å². The molecule has 1 N–H and O–H groups in total. The van der Waals surface area contributed by atoms with Crippen LogP contribution in [0.2, 0.25) is 0 Å². The van der Waals surface area contributed by atoms with Crippen molar-refractivity contribution in [2.45, 2.75) is 51.6 Å². The highest BCUT2D eigenvalue weighted by Gasteiger charge is 2.28. The molecular weight excluding hydrogens is 477 g/mol. The number of nitrogens with one attached hydrogen (secondary N) is 1. The molecule has 0 aliphatic carbocycles. The molecule has 2 atom stereocenters. The van der Waals surface area contributed by atoms with E-state index >= 15 is 0 Å². The Morgan fingerprint density at radius 3 is 2.66 bits per heavy atom. The van der Waals surface area contributed by atoms with Crippen LogP contribution in [0.15, 0.2) is 35.3 Å². The molecule has 0 radical (unpaired) electrons. The van der Waals surface area contributed by atoms with E-state index in [2.05, 4.69) is 54.4 Å². The van der Waals surface area contributed by atoms with Gasteiger partial charge < -0.3 is 19.7 Å². The van der Waals surface area contributed by atoms with Gasteiger partial charge >= 0.3 is 0 Å². The van der Waals surface area contributed by atoms with Gasteiger partial charge in [-0.2, -0.15) is 0 Å². The number of hydrogen-bond donors (Lipinski definition) is 1. The number of guanidine groups is 1. The number of aliphatic imine (C=N–C) groups is 1. The summed E-state index contributed by atoms with van der Waals surface area (Å²) in [6, 6.07) is 11.0. The lowest BCUT2D eigenvalue weighted by Crippen LogP contribution is -2.48. The third-order valence-electron chi connectivity index (χ3n) is 5.85. The van der Waals surface area contributed by atoms with Crippen molar-refractivity contribution in [1.29, 1.82) is 0 Å². The molecule has 6 heteroatoms. The van der Waals surface area contributed by atoms with Gasteiger partial charge in [0.1, 0.15) is 0 Å². The summed E-state index contributed by atoms with van der Waals surface area (Å²) < 4.78 is 11.3. The molecule has 2 aliphatic rings. The number of hydrogen-bond acceptors (Lipinski definition) is 3. The van der Waals surface area contributed by atoms with Crippen molar-refractivity contribution in [2.24, 2.45) is 10.9 Å². The van der Waals surface area contributed by atoms with Gasteiger partial charge in [0.05, 0.1) is 6.10 Å². The second kappa shape index (κ2) is 13.4. The van der Waals surface area contributed by atoms with Crippen molar-refractivity contribution in [1.82, 2.24) is 10.2 Å². The smallest absolute Gasteiger partial charge is 0.193 e. The number of halogens is 1. The normalized spacial score (nSPS) is 23.5. The van der Waals surface area contributed by atoms with Crippen LogP contribution in [0.4, 0.5) is 0 Å². The minimum absolute atomic E-state index is 0. The fourth-order valence-corrected chi connectivity index (χ4v) is 4.30. The summed E-state index contributed by atoms with van der Waals surface area (Å²) in [6.45, 7) is 10.8. The maximum absolute atomic E-state index is 5.97. The van der Waals surface area contributed by atoms with Crippen LogP contribution >= 0.6 is 24.0 Å². The Kier molecular flexibility index (Phi) is 11.3. The van der Waals surface area contributed by atoms with E-state index in [4.69, 9.17) is 14.5 Å². The van der Waals surface area contributed by atoms with E-state index in [9.17, 15) is 0 Å². The molecule has 0 spiro atoms. The fourth-order valence-electron chi connectivity index (χ4n) is 4.30. The Morgan fingerprint density at radius 1 is 1.21 bits per heavy atom. The maximum atomic E-state index is 5.97. The highest BCUT2D eigenvalue weighted by Crippen LogP contribution is 2.32. The second-order valence-electron chi connectivity index (χ2n) is 8.00. The Morgan fingerprint density at radius 2 is 1.97 bits per heavy atom. The monoisotopic (exact) mass is 515 g/mol. The van der Waals surface area contributed by atoms with Gasteiger partial charge in [-0.05, 0) is 50.0 Å². The number of piperidine rings is 1. The molecule has 1 aromatic rings. The Labute approximate surface area is 193 Å². The van der Waals surface area contributed by atoms with Crippen molar-refractivity contribution in [3.8, 4) is 0 Å². The summed E-state index contributed by atoms with van der Waals surface area (Å²) in [4.78, 5) is 7.32. The van der Waals surface area contributed by atoms with Gasteiger partial charge in [-0.25, -0.2) is 0 Å². The van der Waals surface area contributed by atoms with E-state index in [1.165, 1.54) is 12.0 Å². The molecule has 0 aromatic heterocycles. The topological polar surface area (TPSA) is 46.1 Å². The molecule has 0 saturated carbocycles. The van der Waals surface area contributed by atoms with Crippen LogP contribution in [0.5, 0.6) is 0 Å². The largest absolute Gasteiger partial charge is 0.381 e. The fraction of sp³-hybridized carbons (Fsp3) is 0.696. The lowest BCUT2D eigenvalue weighted by Gasteiger charge is -2.39. The zero-order chi connectivity index (χ0) is 19.6. The van der Waals surface area contributed by atoms with Crippen molar-refractivity contribution in [3.63, 3.8) is 0 Å². The average molecular weight is 515 g/mol. The van der Waals surface area contributed by atoms with Crippen molar-refractivity contribution < 1.29 is 9.47 Å². The predicted molar refractivity (Wildman–Crippen MR) is 130 cm³/mol. The Bertz CT molecular complexity index is 593. The van der Waals surface area contributed by atoms with Crippen LogP contribution in [-0.2, 0) is 9.47 Å². The lowest BCUT2D eigenvalue weighted by atomic mass is 9.82. The number of benzene rings is 1. The average Bonchev–Trinajstić information content (AvgIpc) is 2.74. The molecule has 29 heavy (non-hydrogen) atoms. The minimum atomic E-state index is 0. The van der Waals surface area contributed by atoms with Crippen molar-refractivity contribution in [2.75, 3.05) is 46.0 Å². The third-order valence-corrected chi connectivity index (χ3v) is 5.85. The van der Waals surface area contributed by atoms with Crippen LogP contribution in [0.3, 0.4) is 0 Å². The molecule has 164 valence electrons. The molecular formula is C23H38IN3O2. The second-order valence-corrected chi connectivity index (χ2v) is 8.00. The number of nitrogens with zero attached hydrogens (tertiary/aromatic N) is 2. The molecule has 0 bridgehead atoms. The molecule has 2 aliphatic heterocycles. The van der Waals surface area contributed by atoms with E-state index in [1.807, 2.05) is 0 Å². The maximum Gasteiger partial charge on any atom is 0.193 e. The predicted octanol–water partition coefficient (Wildman–Crippen LogP) is 4.28. The van der Waals surface area contributed by atoms with E-state index in [1.54, 1.807) is 0 Å².